The molecule has 98 valence electrons. The molecule has 0 aromatic carbocycles. The molecule has 4 heteroatoms. The number of carbonyl (C=O) groups excluding carboxylic acids is 1. The van der Waals surface area contributed by atoms with E-state index in [2.05, 4.69) is 19.2 Å². The van der Waals surface area contributed by atoms with Crippen molar-refractivity contribution >= 4 is 17.7 Å². The molecule has 0 spiro atoms. The van der Waals surface area contributed by atoms with Gasteiger partial charge < -0.3 is 10.1 Å². The van der Waals surface area contributed by atoms with Crippen molar-refractivity contribution in [2.24, 2.45) is 11.8 Å². The number of thioether (sulfide) groups is 1. The van der Waals surface area contributed by atoms with Gasteiger partial charge in [-0.2, -0.15) is 11.8 Å². The van der Waals surface area contributed by atoms with E-state index in [1.165, 1.54) is 6.42 Å². The van der Waals surface area contributed by atoms with Gasteiger partial charge in [0.15, 0.2) is 0 Å². The van der Waals surface area contributed by atoms with E-state index in [1.54, 1.807) is 0 Å². The smallest absolute Gasteiger partial charge is 0.324 e. The molecular weight excluding hydrogens is 234 g/mol. The van der Waals surface area contributed by atoms with Gasteiger partial charge in [-0.05, 0) is 31.1 Å². The standard InChI is InChI=1S/C13H23NO2S/c1-9-5-10(2)7-11(6-9)16-13(15)12-8-17-4-3-14-12/h9-12,14H,3-8H2,1-2H3. The third kappa shape index (κ3) is 3.88. The Hall–Kier alpha value is -0.220. The zero-order valence-electron chi connectivity index (χ0n) is 10.8. The van der Waals surface area contributed by atoms with E-state index in [-0.39, 0.29) is 18.1 Å². The molecule has 1 aliphatic carbocycles. The summed E-state index contributed by atoms with van der Waals surface area (Å²) in [5.74, 6) is 3.29. The molecule has 2 fully saturated rings. The summed E-state index contributed by atoms with van der Waals surface area (Å²) >= 11 is 1.83. The fourth-order valence-electron chi connectivity index (χ4n) is 2.93. The molecule has 3 unspecified atom stereocenters. The Morgan fingerprint density at radius 1 is 1.24 bits per heavy atom. The van der Waals surface area contributed by atoms with Crippen LogP contribution >= 0.6 is 11.8 Å². The summed E-state index contributed by atoms with van der Waals surface area (Å²) in [4.78, 5) is 12.0. The van der Waals surface area contributed by atoms with E-state index < -0.39 is 0 Å². The second-order valence-electron chi connectivity index (χ2n) is 5.56. The molecule has 3 nitrogen and oxygen atoms in total. The van der Waals surface area contributed by atoms with Crippen LogP contribution in [0.2, 0.25) is 0 Å². The molecule has 2 aliphatic rings. The second-order valence-corrected chi connectivity index (χ2v) is 6.71. The van der Waals surface area contributed by atoms with Crippen LogP contribution in [0.15, 0.2) is 0 Å². The highest BCUT2D eigenvalue weighted by Crippen LogP contribution is 2.30. The number of carbonyl (C=O) groups is 1. The Morgan fingerprint density at radius 2 is 1.94 bits per heavy atom. The first-order chi connectivity index (χ1) is 8.15. The van der Waals surface area contributed by atoms with Gasteiger partial charge in [0.2, 0.25) is 0 Å². The number of esters is 1. The molecular formula is C13H23NO2S. The zero-order valence-corrected chi connectivity index (χ0v) is 11.6. The van der Waals surface area contributed by atoms with Crippen LogP contribution in [-0.4, -0.2) is 36.2 Å². The second kappa shape index (κ2) is 6.10. The van der Waals surface area contributed by atoms with E-state index in [0.29, 0.717) is 11.8 Å². The third-order valence-corrected chi connectivity index (χ3v) is 4.69. The van der Waals surface area contributed by atoms with Crippen molar-refractivity contribution in [3.8, 4) is 0 Å². The van der Waals surface area contributed by atoms with Crippen LogP contribution in [0.4, 0.5) is 0 Å². The largest absolute Gasteiger partial charge is 0.461 e. The number of hydrogen-bond donors (Lipinski definition) is 1. The number of hydrogen-bond acceptors (Lipinski definition) is 4. The highest BCUT2D eigenvalue weighted by Gasteiger charge is 2.29. The Balaban J connectivity index is 1.80. The molecule has 1 aliphatic heterocycles. The maximum Gasteiger partial charge on any atom is 0.324 e. The fourth-order valence-corrected chi connectivity index (χ4v) is 3.85. The van der Waals surface area contributed by atoms with E-state index in [0.717, 1.165) is 30.9 Å². The average Bonchev–Trinajstić information content (AvgIpc) is 2.28. The van der Waals surface area contributed by atoms with Crippen LogP contribution in [0.5, 0.6) is 0 Å². The first-order valence-corrected chi connectivity index (χ1v) is 7.82. The first-order valence-electron chi connectivity index (χ1n) is 6.66. The fraction of sp³-hybridized carbons (Fsp3) is 0.923. The maximum atomic E-state index is 12.0. The van der Waals surface area contributed by atoms with Gasteiger partial charge in [-0.1, -0.05) is 13.8 Å². The van der Waals surface area contributed by atoms with Crippen LogP contribution < -0.4 is 5.32 Å². The summed E-state index contributed by atoms with van der Waals surface area (Å²) in [5, 5.41) is 3.24. The van der Waals surface area contributed by atoms with Crippen LogP contribution in [0, 0.1) is 11.8 Å². The van der Waals surface area contributed by atoms with Crippen molar-refractivity contribution in [1.29, 1.82) is 0 Å². The molecule has 1 saturated heterocycles. The van der Waals surface area contributed by atoms with E-state index in [9.17, 15) is 4.79 Å². The molecule has 3 atom stereocenters. The van der Waals surface area contributed by atoms with Gasteiger partial charge in [0.25, 0.3) is 0 Å². The van der Waals surface area contributed by atoms with Crippen LogP contribution in [-0.2, 0) is 9.53 Å². The van der Waals surface area contributed by atoms with Gasteiger partial charge in [0.1, 0.15) is 12.1 Å². The van der Waals surface area contributed by atoms with E-state index >= 15 is 0 Å². The predicted molar refractivity (Wildman–Crippen MR) is 71.2 cm³/mol. The summed E-state index contributed by atoms with van der Waals surface area (Å²) in [5.41, 5.74) is 0. The molecule has 2 rings (SSSR count). The quantitative estimate of drug-likeness (QED) is 0.769. The lowest BCUT2D eigenvalue weighted by atomic mass is 9.82. The minimum atomic E-state index is -0.0821. The van der Waals surface area contributed by atoms with Crippen molar-refractivity contribution in [2.75, 3.05) is 18.1 Å². The number of rotatable bonds is 2. The van der Waals surface area contributed by atoms with E-state index in [1.807, 2.05) is 11.8 Å². The minimum absolute atomic E-state index is 0.0384. The van der Waals surface area contributed by atoms with Crippen molar-refractivity contribution in [3.63, 3.8) is 0 Å². The van der Waals surface area contributed by atoms with Crippen molar-refractivity contribution < 1.29 is 9.53 Å². The highest BCUT2D eigenvalue weighted by atomic mass is 32.2. The van der Waals surface area contributed by atoms with Gasteiger partial charge in [0.05, 0.1) is 0 Å². The molecule has 0 aromatic heterocycles. The summed E-state index contributed by atoms with van der Waals surface area (Å²) in [6, 6.07) is -0.0821. The van der Waals surface area contributed by atoms with Crippen molar-refractivity contribution in [2.45, 2.75) is 45.3 Å². The van der Waals surface area contributed by atoms with Gasteiger partial charge in [-0.15, -0.1) is 0 Å². The SMILES string of the molecule is CC1CC(C)CC(OC(=O)C2CSCCN2)C1. The molecule has 0 radical (unpaired) electrons. The Morgan fingerprint density at radius 3 is 2.53 bits per heavy atom. The molecule has 1 heterocycles. The summed E-state index contributed by atoms with van der Waals surface area (Å²) in [7, 11) is 0. The normalized spacial score (nSPS) is 38.7. The lowest BCUT2D eigenvalue weighted by Gasteiger charge is -2.32. The number of ether oxygens (including phenoxy) is 1. The van der Waals surface area contributed by atoms with Gasteiger partial charge in [-0.3, -0.25) is 4.79 Å². The summed E-state index contributed by atoms with van der Waals surface area (Å²) < 4.78 is 5.66. The van der Waals surface area contributed by atoms with Crippen LogP contribution in [0.3, 0.4) is 0 Å². The zero-order chi connectivity index (χ0) is 12.3. The Kier molecular flexibility index (Phi) is 4.74. The van der Waals surface area contributed by atoms with Gasteiger partial charge in [0, 0.05) is 18.1 Å². The van der Waals surface area contributed by atoms with Crippen molar-refractivity contribution in [3.05, 3.63) is 0 Å². The predicted octanol–water partition coefficient (Wildman–Crippen LogP) is 2.06. The lowest BCUT2D eigenvalue weighted by molar-refractivity contribution is -0.154. The molecule has 0 aromatic rings. The minimum Gasteiger partial charge on any atom is -0.461 e. The Bertz CT molecular complexity index is 256. The molecule has 17 heavy (non-hydrogen) atoms. The van der Waals surface area contributed by atoms with Gasteiger partial charge >= 0.3 is 5.97 Å². The molecule has 1 saturated carbocycles. The molecule has 0 bridgehead atoms. The Labute approximate surface area is 108 Å². The van der Waals surface area contributed by atoms with Gasteiger partial charge in [-0.25, -0.2) is 0 Å². The number of nitrogens with one attached hydrogen (secondary N) is 1. The first kappa shape index (κ1) is 13.2. The van der Waals surface area contributed by atoms with Crippen molar-refractivity contribution in [1.82, 2.24) is 5.32 Å². The monoisotopic (exact) mass is 257 g/mol. The maximum absolute atomic E-state index is 12.0. The van der Waals surface area contributed by atoms with E-state index in [4.69, 9.17) is 4.74 Å². The summed E-state index contributed by atoms with van der Waals surface area (Å²) in [6.07, 6.45) is 3.49. The highest BCUT2D eigenvalue weighted by molar-refractivity contribution is 7.99. The summed E-state index contributed by atoms with van der Waals surface area (Å²) in [6.45, 7) is 5.43. The molecule has 1 N–H and O–H groups in total. The van der Waals surface area contributed by atoms with Crippen LogP contribution in [0.25, 0.3) is 0 Å². The topological polar surface area (TPSA) is 38.3 Å². The lowest BCUT2D eigenvalue weighted by Crippen LogP contribution is -2.46. The molecule has 0 amide bonds. The van der Waals surface area contributed by atoms with Crippen LogP contribution in [0.1, 0.15) is 33.1 Å². The average molecular weight is 257 g/mol. The third-order valence-electron chi connectivity index (χ3n) is 3.62.